The van der Waals surface area contributed by atoms with Gasteiger partial charge in [-0.25, -0.2) is 8.42 Å². The number of hydrogen-bond acceptors (Lipinski definition) is 4. The molecule has 0 saturated carbocycles. The summed E-state index contributed by atoms with van der Waals surface area (Å²) < 4.78 is 58.7. The molecule has 1 aliphatic rings. The van der Waals surface area contributed by atoms with Gasteiger partial charge in [0, 0.05) is 19.0 Å². The summed E-state index contributed by atoms with van der Waals surface area (Å²) in [6.45, 7) is 0.517. The summed E-state index contributed by atoms with van der Waals surface area (Å²) in [6, 6.07) is 0.111. The first-order valence-corrected chi connectivity index (χ1v) is 8.19. The predicted molar refractivity (Wildman–Crippen MR) is 65.6 cm³/mol. The minimum Gasteiger partial charge on any atom is -0.392 e. The maximum absolute atomic E-state index is 11.9. The SMILES string of the molecule is O=S(=O)(CCC[C@@H]1C[C@@H](O)CN1)CCCC(F)(F)F. The van der Waals surface area contributed by atoms with E-state index in [1.807, 2.05) is 0 Å². The van der Waals surface area contributed by atoms with Gasteiger partial charge in [0.15, 0.2) is 0 Å². The lowest BCUT2D eigenvalue weighted by Gasteiger charge is -2.10. The molecule has 1 fully saturated rings. The molecule has 2 atom stereocenters. The van der Waals surface area contributed by atoms with Crippen LogP contribution in [0.15, 0.2) is 0 Å². The van der Waals surface area contributed by atoms with Crippen molar-refractivity contribution in [3.8, 4) is 0 Å². The van der Waals surface area contributed by atoms with Crippen LogP contribution in [0.5, 0.6) is 0 Å². The maximum atomic E-state index is 11.9. The average molecular weight is 303 g/mol. The summed E-state index contributed by atoms with van der Waals surface area (Å²) >= 11 is 0. The summed E-state index contributed by atoms with van der Waals surface area (Å²) in [6.07, 6.45) is -4.45. The smallest absolute Gasteiger partial charge is 0.389 e. The van der Waals surface area contributed by atoms with Crippen LogP contribution >= 0.6 is 0 Å². The van der Waals surface area contributed by atoms with Gasteiger partial charge >= 0.3 is 6.18 Å². The molecular formula is C11H20F3NO3S. The van der Waals surface area contributed by atoms with Crippen LogP contribution in [0.1, 0.15) is 32.1 Å². The van der Waals surface area contributed by atoms with Crippen LogP contribution in [0.4, 0.5) is 13.2 Å². The first-order valence-electron chi connectivity index (χ1n) is 6.36. The molecular weight excluding hydrogens is 283 g/mol. The van der Waals surface area contributed by atoms with Crippen molar-refractivity contribution in [1.82, 2.24) is 5.32 Å². The van der Waals surface area contributed by atoms with E-state index in [4.69, 9.17) is 0 Å². The Kier molecular flexibility index (Phi) is 6.07. The van der Waals surface area contributed by atoms with Crippen LogP contribution in [0.3, 0.4) is 0 Å². The van der Waals surface area contributed by atoms with Crippen LogP contribution in [-0.2, 0) is 9.84 Å². The number of alkyl halides is 3. The van der Waals surface area contributed by atoms with Gasteiger partial charge in [0.2, 0.25) is 0 Å². The van der Waals surface area contributed by atoms with Crippen molar-refractivity contribution < 1.29 is 26.7 Å². The Bertz CT molecular complexity index is 370. The van der Waals surface area contributed by atoms with Crippen LogP contribution < -0.4 is 5.32 Å². The molecule has 0 radical (unpaired) electrons. The molecule has 114 valence electrons. The minimum atomic E-state index is -4.29. The molecule has 2 N–H and O–H groups in total. The van der Waals surface area contributed by atoms with Crippen LogP contribution in [0.2, 0.25) is 0 Å². The fourth-order valence-corrected chi connectivity index (χ4v) is 3.56. The van der Waals surface area contributed by atoms with Gasteiger partial charge in [-0.2, -0.15) is 13.2 Å². The molecule has 1 aliphatic heterocycles. The fourth-order valence-electron chi connectivity index (χ4n) is 2.16. The molecule has 1 rings (SSSR count). The summed E-state index contributed by atoms with van der Waals surface area (Å²) in [5.74, 6) is -0.494. The van der Waals surface area contributed by atoms with E-state index in [1.165, 1.54) is 0 Å². The third kappa shape index (κ3) is 7.74. The number of rotatable bonds is 7. The second kappa shape index (κ2) is 6.90. The number of sulfone groups is 1. The molecule has 0 bridgehead atoms. The lowest BCUT2D eigenvalue weighted by molar-refractivity contribution is -0.134. The Morgan fingerprint density at radius 1 is 1.21 bits per heavy atom. The largest absolute Gasteiger partial charge is 0.392 e. The highest BCUT2D eigenvalue weighted by Crippen LogP contribution is 2.22. The number of aliphatic hydroxyl groups is 1. The van der Waals surface area contributed by atoms with Gasteiger partial charge in [0.05, 0.1) is 17.6 Å². The van der Waals surface area contributed by atoms with Gasteiger partial charge in [-0.05, 0) is 25.7 Å². The highest BCUT2D eigenvalue weighted by Gasteiger charge is 2.27. The standard InChI is InChI=1S/C11H20F3NO3S/c12-11(13,14)4-2-6-19(17,18)5-1-3-9-7-10(16)8-15-9/h9-10,15-16H,1-8H2/t9-,10-/m1/s1. The maximum Gasteiger partial charge on any atom is 0.389 e. The quantitative estimate of drug-likeness (QED) is 0.743. The highest BCUT2D eigenvalue weighted by atomic mass is 32.2. The summed E-state index contributed by atoms with van der Waals surface area (Å²) in [5, 5.41) is 12.3. The average Bonchev–Trinajstić information content (AvgIpc) is 2.61. The van der Waals surface area contributed by atoms with Gasteiger partial charge < -0.3 is 10.4 Å². The molecule has 0 aromatic heterocycles. The molecule has 0 aromatic carbocycles. The molecule has 19 heavy (non-hydrogen) atoms. The van der Waals surface area contributed by atoms with E-state index in [1.54, 1.807) is 0 Å². The number of β-amino-alcohol motifs (C(OH)–C–C–N with tert-alkyl or cyclic N) is 1. The van der Waals surface area contributed by atoms with Gasteiger partial charge in [0.25, 0.3) is 0 Å². The lowest BCUT2D eigenvalue weighted by atomic mass is 10.1. The molecule has 0 aromatic rings. The lowest BCUT2D eigenvalue weighted by Crippen LogP contribution is -2.23. The van der Waals surface area contributed by atoms with E-state index in [-0.39, 0.29) is 24.3 Å². The van der Waals surface area contributed by atoms with Crippen molar-refractivity contribution in [2.24, 2.45) is 0 Å². The van der Waals surface area contributed by atoms with Crippen molar-refractivity contribution in [2.45, 2.75) is 50.4 Å². The van der Waals surface area contributed by atoms with Crippen molar-refractivity contribution in [2.75, 3.05) is 18.1 Å². The van der Waals surface area contributed by atoms with Crippen molar-refractivity contribution in [3.63, 3.8) is 0 Å². The second-order valence-corrected chi connectivity index (χ2v) is 7.31. The molecule has 0 aliphatic carbocycles. The number of halogens is 3. The molecule has 1 heterocycles. The van der Waals surface area contributed by atoms with Crippen LogP contribution in [0, 0.1) is 0 Å². The topological polar surface area (TPSA) is 66.4 Å². The predicted octanol–water partition coefficient (Wildman–Crippen LogP) is 1.25. The molecule has 8 heteroatoms. The third-order valence-electron chi connectivity index (χ3n) is 3.12. The Morgan fingerprint density at radius 2 is 1.84 bits per heavy atom. The molecule has 4 nitrogen and oxygen atoms in total. The summed E-state index contributed by atoms with van der Waals surface area (Å²) in [5.41, 5.74) is 0. The minimum absolute atomic E-state index is 0.0842. The highest BCUT2D eigenvalue weighted by molar-refractivity contribution is 7.91. The number of hydrogen-bond donors (Lipinski definition) is 2. The van der Waals surface area contributed by atoms with E-state index in [9.17, 15) is 26.7 Å². The zero-order valence-electron chi connectivity index (χ0n) is 10.6. The molecule has 0 spiro atoms. The Morgan fingerprint density at radius 3 is 2.37 bits per heavy atom. The van der Waals surface area contributed by atoms with E-state index in [2.05, 4.69) is 5.32 Å². The Labute approximate surface area is 111 Å². The molecule has 0 amide bonds. The van der Waals surface area contributed by atoms with Crippen molar-refractivity contribution in [3.05, 3.63) is 0 Å². The van der Waals surface area contributed by atoms with E-state index in [0.717, 1.165) is 0 Å². The fraction of sp³-hybridized carbons (Fsp3) is 1.00. The Balaban J connectivity index is 2.16. The Hall–Kier alpha value is -0.340. The normalized spacial score (nSPS) is 24.8. The first kappa shape index (κ1) is 16.7. The number of aliphatic hydroxyl groups excluding tert-OH is 1. The van der Waals surface area contributed by atoms with Crippen LogP contribution in [0.25, 0.3) is 0 Å². The van der Waals surface area contributed by atoms with E-state index in [0.29, 0.717) is 25.8 Å². The van der Waals surface area contributed by atoms with E-state index >= 15 is 0 Å². The molecule has 1 saturated heterocycles. The van der Waals surface area contributed by atoms with Gasteiger partial charge in [-0.1, -0.05) is 0 Å². The van der Waals surface area contributed by atoms with Crippen LogP contribution in [-0.4, -0.2) is 49.9 Å². The monoisotopic (exact) mass is 303 g/mol. The van der Waals surface area contributed by atoms with Gasteiger partial charge in [-0.15, -0.1) is 0 Å². The third-order valence-corrected chi connectivity index (χ3v) is 4.94. The van der Waals surface area contributed by atoms with Crippen molar-refractivity contribution >= 4 is 9.84 Å². The van der Waals surface area contributed by atoms with Gasteiger partial charge in [0.1, 0.15) is 9.84 Å². The zero-order valence-corrected chi connectivity index (χ0v) is 11.4. The first-order chi connectivity index (χ1) is 8.68. The van der Waals surface area contributed by atoms with Gasteiger partial charge in [-0.3, -0.25) is 0 Å². The number of nitrogens with one attached hydrogen (secondary N) is 1. The molecule has 0 unspecified atom stereocenters. The second-order valence-electron chi connectivity index (χ2n) is 5.01. The summed E-state index contributed by atoms with van der Waals surface area (Å²) in [4.78, 5) is 0. The van der Waals surface area contributed by atoms with E-state index < -0.39 is 28.2 Å². The zero-order chi connectivity index (χ0) is 14.5. The van der Waals surface area contributed by atoms with Crippen molar-refractivity contribution in [1.29, 1.82) is 0 Å². The summed E-state index contributed by atoms with van der Waals surface area (Å²) in [7, 11) is -3.40.